The molecule has 0 bridgehead atoms. The largest absolute Gasteiger partial charge is 0.373 e. The molecule has 2 rings (SSSR count). The van der Waals surface area contributed by atoms with Gasteiger partial charge in [0.1, 0.15) is 0 Å². The zero-order chi connectivity index (χ0) is 33.0. The summed E-state index contributed by atoms with van der Waals surface area (Å²) in [5.41, 5.74) is 28.2. The average molecular weight is 732 g/mol. The Morgan fingerprint density at radius 3 is 0.756 bits per heavy atom. The van der Waals surface area contributed by atoms with Gasteiger partial charge in [-0.3, -0.25) is 4.91 Å². The molecule has 0 atom stereocenters. The van der Waals surface area contributed by atoms with Gasteiger partial charge < -0.3 is 36.3 Å². The normalized spacial score (nSPS) is 10.3. The third-order valence-corrected chi connectivity index (χ3v) is 5.62. The van der Waals surface area contributed by atoms with Crippen LogP contribution in [-0.2, 0) is 59.4 Å². The molecule has 0 fully saturated rings. The van der Waals surface area contributed by atoms with E-state index in [1.807, 2.05) is 13.8 Å². The summed E-state index contributed by atoms with van der Waals surface area (Å²) in [6.07, 6.45) is 0. The predicted molar refractivity (Wildman–Crippen MR) is 162 cm³/mol. The Morgan fingerprint density at radius 2 is 0.732 bits per heavy atom. The number of hydrogen-bond donors (Lipinski definition) is 0. The van der Waals surface area contributed by atoms with Crippen molar-refractivity contribution >= 4 is 33.1 Å². The van der Waals surface area contributed by atoms with Crippen LogP contribution in [0, 0.1) is 80.6 Å². The standard InChI is InChI=1S/2C10H15.C2H3N.2C2H6S.F6P.2Fe.N3/c2*1-6-7(2)9(4)10(5)8(6)3;3*1-2-3;1-7(2,3,4,5)6;;;1-3-2/h2*1-5H3;1H3;2*3H,2H2,1H3;;;;/q2*-1;;;;-1;;;-1/p-2. The molecule has 0 aromatic heterocycles. The third kappa shape index (κ3) is 35.4. The fraction of sp³-hybridized carbons (Fsp3) is 0.577. The van der Waals surface area contributed by atoms with Crippen LogP contribution in [0.1, 0.15) is 76.4 Å². The second-order valence-corrected chi connectivity index (χ2v) is 11.2. The van der Waals surface area contributed by atoms with Crippen LogP contribution in [0.4, 0.5) is 25.2 Å². The first-order valence-corrected chi connectivity index (χ1v) is 14.8. The maximum atomic E-state index is 9.87. The first kappa shape index (κ1) is 56.1. The number of hydrogen-bond acceptors (Lipinski definition) is 3. The predicted octanol–water partition coefficient (Wildman–Crippen LogP) is 11.8. The van der Waals surface area contributed by atoms with Crippen molar-refractivity contribution in [3.63, 3.8) is 0 Å². The maximum Gasteiger partial charge on any atom is 0 e. The van der Waals surface area contributed by atoms with E-state index in [2.05, 4.69) is 94.5 Å². The van der Waals surface area contributed by atoms with Gasteiger partial charge in [-0.2, -0.15) is 72.4 Å². The van der Waals surface area contributed by atoms with Crippen molar-refractivity contribution in [3.8, 4) is 6.07 Å². The van der Waals surface area contributed by atoms with Gasteiger partial charge in [0.05, 0.1) is 6.07 Å². The molecule has 0 amide bonds. The summed E-state index contributed by atoms with van der Waals surface area (Å²) in [5.74, 6) is 1.67. The fourth-order valence-electron chi connectivity index (χ4n) is 2.81. The molecule has 0 radical (unpaired) electrons. The van der Waals surface area contributed by atoms with Crippen LogP contribution in [-0.4, -0.2) is 11.5 Å². The second kappa shape index (κ2) is 24.7. The van der Waals surface area contributed by atoms with Crippen molar-refractivity contribution in [2.24, 2.45) is 0 Å². The second-order valence-electron chi connectivity index (χ2n) is 8.10. The Hall–Kier alpha value is -0.751. The summed E-state index contributed by atoms with van der Waals surface area (Å²) < 4.78 is 59.2. The summed E-state index contributed by atoms with van der Waals surface area (Å²) in [5, 5.41) is 7.32. The summed E-state index contributed by atoms with van der Waals surface area (Å²) in [6, 6.07) is 1.75. The fourth-order valence-corrected chi connectivity index (χ4v) is 2.81. The summed E-state index contributed by atoms with van der Waals surface area (Å²) in [6.45, 7) is 27.3. The van der Waals surface area contributed by atoms with Crippen molar-refractivity contribution < 1.29 is 59.3 Å². The van der Waals surface area contributed by atoms with Gasteiger partial charge in [-0.15, -0.1) is 0 Å². The molecule has 0 saturated heterocycles. The van der Waals surface area contributed by atoms with Gasteiger partial charge >= 0.3 is 33.0 Å². The number of nitriles is 1. The molecule has 0 N–H and O–H groups in total. The van der Waals surface area contributed by atoms with Gasteiger partial charge in [-0.05, 0) is 0 Å². The first-order valence-electron chi connectivity index (χ1n) is 11.6. The molecule has 15 heteroatoms. The monoisotopic (exact) mass is 732 g/mol. The maximum absolute atomic E-state index is 10.7. The quantitative estimate of drug-likeness (QED) is 0.0395. The summed E-state index contributed by atoms with van der Waals surface area (Å²) in [4.78, 5) is 1.50. The smallest absolute Gasteiger partial charge is 0 e. The van der Waals surface area contributed by atoms with Crippen molar-refractivity contribution in [2.45, 2.75) is 90.0 Å². The first-order chi connectivity index (χ1) is 17.2. The molecule has 0 aliphatic heterocycles. The molecule has 4 nitrogen and oxygen atoms in total. The molecule has 0 saturated carbocycles. The third-order valence-electron chi connectivity index (χ3n) is 5.62. The molecule has 0 unspecified atom stereocenters. The molecule has 41 heavy (non-hydrogen) atoms. The van der Waals surface area contributed by atoms with E-state index in [-0.39, 0.29) is 34.1 Å². The molecule has 0 spiro atoms. The minimum Gasteiger partial charge on any atom is -0.373 e. The van der Waals surface area contributed by atoms with Gasteiger partial charge in [-0.25, -0.2) is 0 Å². The average Bonchev–Trinajstić information content (AvgIpc) is 3.04. The van der Waals surface area contributed by atoms with E-state index in [0.29, 0.717) is 0 Å². The topological polar surface area (TPSA) is 82.5 Å². The van der Waals surface area contributed by atoms with E-state index in [9.17, 15) is 25.2 Å². The Balaban J connectivity index is -0.0000000702. The summed E-state index contributed by atoms with van der Waals surface area (Å²) in [7, 11) is -10.7. The van der Waals surface area contributed by atoms with Crippen molar-refractivity contribution in [2.75, 3.05) is 11.5 Å². The minimum absolute atomic E-state index is 0. The van der Waals surface area contributed by atoms with Crippen LogP contribution in [0.15, 0.2) is 0 Å². The molecule has 0 heterocycles. The van der Waals surface area contributed by atoms with Crippen molar-refractivity contribution in [3.05, 3.63) is 71.6 Å². The molecule has 0 aliphatic carbocycles. The van der Waals surface area contributed by atoms with E-state index in [0.717, 1.165) is 11.5 Å². The van der Waals surface area contributed by atoms with Gasteiger partial charge in [-0.1, -0.05) is 83.1 Å². The van der Waals surface area contributed by atoms with Crippen LogP contribution >= 0.6 is 7.81 Å². The molecular formula is C26H43F6Fe2N4PS2-6. The van der Waals surface area contributed by atoms with Crippen molar-refractivity contribution in [1.29, 1.82) is 5.26 Å². The van der Waals surface area contributed by atoms with Crippen LogP contribution in [0.2, 0.25) is 0 Å². The number of halogens is 6. The summed E-state index contributed by atoms with van der Waals surface area (Å²) >= 11 is 8.79. The zero-order valence-corrected chi connectivity index (χ0v) is 30.7. The Kier molecular flexibility index (Phi) is 33.7. The molecule has 0 aliphatic rings. The molecular weight excluding hydrogens is 689 g/mol. The molecule has 248 valence electrons. The molecule has 2 aromatic carbocycles. The van der Waals surface area contributed by atoms with E-state index < -0.39 is 7.81 Å². The van der Waals surface area contributed by atoms with Gasteiger partial charge in [0.2, 0.25) is 0 Å². The van der Waals surface area contributed by atoms with E-state index in [4.69, 9.17) is 16.3 Å². The number of nitrogens with zero attached hydrogens (tertiary/aromatic N) is 4. The van der Waals surface area contributed by atoms with Gasteiger partial charge in [0.15, 0.2) is 0 Å². The Bertz CT molecular complexity index is 828. The van der Waals surface area contributed by atoms with Crippen molar-refractivity contribution in [1.82, 2.24) is 0 Å². The Labute approximate surface area is 275 Å². The van der Waals surface area contributed by atoms with Gasteiger partial charge in [0.25, 0.3) is 0 Å². The van der Waals surface area contributed by atoms with Gasteiger partial charge in [0, 0.05) is 41.1 Å². The zero-order valence-electron chi connectivity index (χ0n) is 25.9. The minimum atomic E-state index is -10.7. The van der Waals surface area contributed by atoms with E-state index >= 15 is 0 Å². The van der Waals surface area contributed by atoms with E-state index in [1.54, 1.807) is 6.07 Å². The number of rotatable bonds is 0. The van der Waals surface area contributed by atoms with Crippen LogP contribution < -0.4 is 0 Å². The van der Waals surface area contributed by atoms with Crippen LogP contribution in [0.25, 0.3) is 16.0 Å². The van der Waals surface area contributed by atoms with E-state index in [1.165, 1.54) is 67.5 Å². The molecule has 2 aromatic rings. The van der Waals surface area contributed by atoms with Crippen LogP contribution in [0.3, 0.4) is 0 Å². The van der Waals surface area contributed by atoms with Crippen LogP contribution in [0.5, 0.6) is 0 Å². The SMILES string of the molecule is CC#N.CC[S-].CC[S-].Cc1c(C)c(C)[c-](C)c1C.Cc1c(C)c(C)[c-](C)c1C.F[P-](F)(F)(F)(F)F.[Fe].[Fe].[N-]=[N+]=[N-]. The Morgan fingerprint density at radius 1 is 0.659 bits per heavy atom.